The Labute approximate surface area is 129 Å². The monoisotopic (exact) mass is 310 g/mol. The van der Waals surface area contributed by atoms with Gasteiger partial charge < -0.3 is 25.2 Å². The second-order valence-corrected chi connectivity index (χ2v) is 4.59. The third-order valence-corrected chi connectivity index (χ3v) is 2.81. The fraction of sp³-hybridized carbons (Fsp3) is 0.467. The number of amides is 2. The SMILES string of the molecule is CCCCOc1ccc(OC)cc1NC(=O)NCCC(=O)O. The number of anilines is 1. The Kier molecular flexibility index (Phi) is 7.60. The Hall–Kier alpha value is -2.44. The number of benzene rings is 1. The zero-order valence-electron chi connectivity index (χ0n) is 12.8. The number of carboxylic acids is 1. The van der Waals surface area contributed by atoms with E-state index in [1.807, 2.05) is 0 Å². The second-order valence-electron chi connectivity index (χ2n) is 4.59. The smallest absolute Gasteiger partial charge is 0.319 e. The summed E-state index contributed by atoms with van der Waals surface area (Å²) in [7, 11) is 1.53. The molecule has 0 unspecified atom stereocenters. The molecule has 0 aromatic heterocycles. The van der Waals surface area contributed by atoms with Gasteiger partial charge in [0.2, 0.25) is 0 Å². The number of urea groups is 1. The van der Waals surface area contributed by atoms with Gasteiger partial charge in [-0.25, -0.2) is 4.79 Å². The van der Waals surface area contributed by atoms with Crippen molar-refractivity contribution in [2.45, 2.75) is 26.2 Å². The first-order valence-corrected chi connectivity index (χ1v) is 7.14. The molecule has 22 heavy (non-hydrogen) atoms. The van der Waals surface area contributed by atoms with Gasteiger partial charge in [0.15, 0.2) is 0 Å². The molecular formula is C15H22N2O5. The van der Waals surface area contributed by atoms with E-state index >= 15 is 0 Å². The van der Waals surface area contributed by atoms with Gasteiger partial charge in [0, 0.05) is 12.6 Å². The lowest BCUT2D eigenvalue weighted by Gasteiger charge is -2.14. The molecule has 122 valence electrons. The number of hydrogen-bond acceptors (Lipinski definition) is 4. The first-order valence-electron chi connectivity index (χ1n) is 7.14. The number of carbonyl (C=O) groups excluding carboxylic acids is 1. The van der Waals surface area contributed by atoms with Crippen LogP contribution in [0.5, 0.6) is 11.5 Å². The zero-order chi connectivity index (χ0) is 16.4. The van der Waals surface area contributed by atoms with Crippen molar-refractivity contribution in [3.8, 4) is 11.5 Å². The number of rotatable bonds is 9. The molecular weight excluding hydrogens is 288 g/mol. The molecule has 0 heterocycles. The molecule has 1 aromatic rings. The molecule has 3 N–H and O–H groups in total. The van der Waals surface area contributed by atoms with Crippen molar-refractivity contribution in [2.24, 2.45) is 0 Å². The highest BCUT2D eigenvalue weighted by atomic mass is 16.5. The largest absolute Gasteiger partial charge is 0.497 e. The first kappa shape index (κ1) is 17.6. The van der Waals surface area contributed by atoms with Crippen LogP contribution in [0.1, 0.15) is 26.2 Å². The zero-order valence-corrected chi connectivity index (χ0v) is 12.8. The summed E-state index contributed by atoms with van der Waals surface area (Å²) in [6, 6.07) is 4.63. The van der Waals surface area contributed by atoms with Gasteiger partial charge in [-0.1, -0.05) is 13.3 Å². The fourth-order valence-corrected chi connectivity index (χ4v) is 1.64. The number of methoxy groups -OCH3 is 1. The van der Waals surface area contributed by atoms with Crippen LogP contribution in [0.25, 0.3) is 0 Å². The van der Waals surface area contributed by atoms with E-state index in [1.165, 1.54) is 7.11 Å². The second kappa shape index (κ2) is 9.49. The predicted octanol–water partition coefficient (Wildman–Crippen LogP) is 2.47. The van der Waals surface area contributed by atoms with Crippen LogP contribution >= 0.6 is 0 Å². The maximum atomic E-state index is 11.8. The number of aliphatic carboxylic acids is 1. The van der Waals surface area contributed by atoms with Crippen molar-refractivity contribution in [3.63, 3.8) is 0 Å². The molecule has 0 saturated carbocycles. The number of unbranched alkanes of at least 4 members (excludes halogenated alkanes) is 1. The molecule has 0 aliphatic rings. The summed E-state index contributed by atoms with van der Waals surface area (Å²) in [5, 5.41) is 13.6. The van der Waals surface area contributed by atoms with Gasteiger partial charge in [0.05, 0.1) is 25.8 Å². The lowest BCUT2D eigenvalue weighted by Crippen LogP contribution is -2.30. The van der Waals surface area contributed by atoms with Gasteiger partial charge >= 0.3 is 12.0 Å². The van der Waals surface area contributed by atoms with Gasteiger partial charge in [-0.3, -0.25) is 4.79 Å². The highest BCUT2D eigenvalue weighted by molar-refractivity contribution is 5.91. The first-order chi connectivity index (χ1) is 10.6. The summed E-state index contributed by atoms with van der Waals surface area (Å²) in [4.78, 5) is 22.2. The van der Waals surface area contributed by atoms with Gasteiger partial charge in [-0.05, 0) is 18.6 Å². The van der Waals surface area contributed by atoms with E-state index in [1.54, 1.807) is 18.2 Å². The molecule has 0 atom stereocenters. The quantitative estimate of drug-likeness (QED) is 0.609. The standard InChI is InChI=1S/C15H22N2O5/c1-3-4-9-22-13-6-5-11(21-2)10-12(13)17-15(20)16-8-7-14(18)19/h5-6,10H,3-4,7-9H2,1-2H3,(H,18,19)(H2,16,17,20). The summed E-state index contributed by atoms with van der Waals surface area (Å²) >= 11 is 0. The minimum Gasteiger partial charge on any atom is -0.497 e. The average molecular weight is 310 g/mol. The molecule has 1 aromatic carbocycles. The maximum absolute atomic E-state index is 11.8. The number of nitrogens with one attached hydrogen (secondary N) is 2. The Morgan fingerprint density at radius 2 is 2.09 bits per heavy atom. The third kappa shape index (κ3) is 6.34. The van der Waals surface area contributed by atoms with Crippen LogP contribution in [-0.4, -0.2) is 37.4 Å². The van der Waals surface area contributed by atoms with Crippen molar-refractivity contribution in [1.82, 2.24) is 5.32 Å². The molecule has 7 nitrogen and oxygen atoms in total. The molecule has 0 fully saturated rings. The van der Waals surface area contributed by atoms with Crippen LogP contribution in [0, 0.1) is 0 Å². The molecule has 2 amide bonds. The molecule has 0 saturated heterocycles. The van der Waals surface area contributed by atoms with Crippen molar-refractivity contribution < 1.29 is 24.2 Å². The van der Waals surface area contributed by atoms with Crippen LogP contribution in [0.4, 0.5) is 10.5 Å². The normalized spacial score (nSPS) is 9.91. The summed E-state index contributed by atoms with van der Waals surface area (Å²) in [5.74, 6) is 0.164. The number of hydrogen-bond donors (Lipinski definition) is 3. The Bertz CT molecular complexity index is 505. The van der Waals surface area contributed by atoms with E-state index in [-0.39, 0.29) is 13.0 Å². The summed E-state index contributed by atoms with van der Waals surface area (Å²) in [5.41, 5.74) is 0.475. The minimum atomic E-state index is -0.967. The Morgan fingerprint density at radius 1 is 1.32 bits per heavy atom. The molecule has 0 bridgehead atoms. The van der Waals surface area contributed by atoms with Crippen molar-refractivity contribution in [1.29, 1.82) is 0 Å². The summed E-state index contributed by atoms with van der Waals surface area (Å²) in [6.45, 7) is 2.67. The van der Waals surface area contributed by atoms with E-state index in [0.29, 0.717) is 23.8 Å². The maximum Gasteiger partial charge on any atom is 0.319 e. The summed E-state index contributed by atoms with van der Waals surface area (Å²) < 4.78 is 10.8. The van der Waals surface area contributed by atoms with Crippen LogP contribution < -0.4 is 20.1 Å². The van der Waals surface area contributed by atoms with Crippen LogP contribution in [0.2, 0.25) is 0 Å². The molecule has 0 aliphatic carbocycles. The number of carbonyl (C=O) groups is 2. The fourth-order valence-electron chi connectivity index (χ4n) is 1.64. The van der Waals surface area contributed by atoms with E-state index in [2.05, 4.69) is 17.6 Å². The lowest BCUT2D eigenvalue weighted by molar-refractivity contribution is -0.136. The van der Waals surface area contributed by atoms with Crippen LogP contribution in [0.15, 0.2) is 18.2 Å². The molecule has 0 aliphatic heterocycles. The highest BCUT2D eigenvalue weighted by Crippen LogP contribution is 2.29. The van der Waals surface area contributed by atoms with Gasteiger partial charge in [0.1, 0.15) is 11.5 Å². The predicted molar refractivity (Wildman–Crippen MR) is 82.7 cm³/mol. The topological polar surface area (TPSA) is 96.9 Å². The number of carboxylic acid groups (broad SMARTS) is 1. The lowest BCUT2D eigenvalue weighted by atomic mass is 10.2. The number of ether oxygens (including phenoxy) is 2. The Morgan fingerprint density at radius 3 is 2.73 bits per heavy atom. The molecule has 7 heteroatoms. The highest BCUT2D eigenvalue weighted by Gasteiger charge is 2.10. The van der Waals surface area contributed by atoms with E-state index in [0.717, 1.165) is 12.8 Å². The Balaban J connectivity index is 2.67. The van der Waals surface area contributed by atoms with Crippen molar-refractivity contribution in [3.05, 3.63) is 18.2 Å². The van der Waals surface area contributed by atoms with E-state index in [4.69, 9.17) is 14.6 Å². The van der Waals surface area contributed by atoms with Crippen LogP contribution in [0.3, 0.4) is 0 Å². The summed E-state index contributed by atoms with van der Waals surface area (Å²) in [6.07, 6.45) is 1.79. The molecule has 1 rings (SSSR count). The van der Waals surface area contributed by atoms with Gasteiger partial charge in [-0.15, -0.1) is 0 Å². The van der Waals surface area contributed by atoms with E-state index in [9.17, 15) is 9.59 Å². The minimum absolute atomic E-state index is 0.0527. The third-order valence-electron chi connectivity index (χ3n) is 2.81. The van der Waals surface area contributed by atoms with Crippen LogP contribution in [-0.2, 0) is 4.79 Å². The van der Waals surface area contributed by atoms with Crippen molar-refractivity contribution >= 4 is 17.7 Å². The molecule has 0 spiro atoms. The molecule has 0 radical (unpaired) electrons. The van der Waals surface area contributed by atoms with Gasteiger partial charge in [0.25, 0.3) is 0 Å². The van der Waals surface area contributed by atoms with E-state index < -0.39 is 12.0 Å². The van der Waals surface area contributed by atoms with Crippen molar-refractivity contribution in [2.75, 3.05) is 25.6 Å². The van der Waals surface area contributed by atoms with Gasteiger partial charge in [-0.2, -0.15) is 0 Å². The average Bonchev–Trinajstić information content (AvgIpc) is 2.48.